The molecule has 238 valence electrons. The molecule has 11 aromatic rings. The number of aromatic nitrogens is 4. The van der Waals surface area contributed by atoms with E-state index in [-0.39, 0.29) is 0 Å². The molecule has 0 atom stereocenters. The monoisotopic (exact) mass is 670 g/mol. The largest absolute Gasteiger partial charge is 0.456 e. The van der Waals surface area contributed by atoms with E-state index in [1.54, 1.807) is 0 Å². The molecule has 6 heteroatoms. The lowest BCUT2D eigenvalue weighted by molar-refractivity contribution is 0.669. The number of nitrogens with zero attached hydrogens (tertiary/aromatic N) is 4. The van der Waals surface area contributed by atoms with Crippen LogP contribution in [0, 0.1) is 0 Å². The lowest BCUT2D eigenvalue weighted by Gasteiger charge is -2.16. The molecule has 0 aliphatic heterocycles. The van der Waals surface area contributed by atoms with Gasteiger partial charge in [0, 0.05) is 58.4 Å². The predicted molar refractivity (Wildman–Crippen MR) is 211 cm³/mol. The average molecular weight is 671 g/mol. The Bertz CT molecular complexity index is 3100. The molecule has 4 heterocycles. The minimum Gasteiger partial charge on any atom is -0.456 e. The average Bonchev–Trinajstić information content (AvgIpc) is 3.87. The molecular weight excluding hydrogens is 645 g/mol. The highest BCUT2D eigenvalue weighted by Gasteiger charge is 2.23. The third-order valence-corrected chi connectivity index (χ3v) is 11.0. The zero-order valence-corrected chi connectivity index (χ0v) is 27.9. The van der Waals surface area contributed by atoms with Crippen molar-refractivity contribution in [1.29, 1.82) is 0 Å². The minimum absolute atomic E-state index is 0.606. The number of hydrogen-bond donors (Lipinski definition) is 0. The van der Waals surface area contributed by atoms with Crippen LogP contribution in [0.5, 0.6) is 0 Å². The van der Waals surface area contributed by atoms with E-state index in [9.17, 15) is 0 Å². The molecule has 0 bridgehead atoms. The van der Waals surface area contributed by atoms with E-state index in [0.29, 0.717) is 17.5 Å². The maximum Gasteiger partial charge on any atom is 0.166 e. The Morgan fingerprint density at radius 2 is 1.04 bits per heavy atom. The van der Waals surface area contributed by atoms with Crippen LogP contribution >= 0.6 is 11.3 Å². The number of hydrogen-bond acceptors (Lipinski definition) is 5. The molecule has 0 unspecified atom stereocenters. The highest BCUT2D eigenvalue weighted by Crippen LogP contribution is 2.45. The van der Waals surface area contributed by atoms with Crippen molar-refractivity contribution < 1.29 is 4.42 Å². The smallest absolute Gasteiger partial charge is 0.166 e. The third-order valence-electron chi connectivity index (χ3n) is 9.86. The number of fused-ring (bicyclic) bond motifs is 9. The van der Waals surface area contributed by atoms with Crippen molar-refractivity contribution in [2.24, 2.45) is 0 Å². The fourth-order valence-electron chi connectivity index (χ4n) is 7.58. The van der Waals surface area contributed by atoms with Crippen molar-refractivity contribution in [1.82, 2.24) is 19.5 Å². The molecular formula is C45H26N4OS. The summed E-state index contributed by atoms with van der Waals surface area (Å²) in [7, 11) is 0. The van der Waals surface area contributed by atoms with Crippen LogP contribution < -0.4 is 0 Å². The summed E-state index contributed by atoms with van der Waals surface area (Å²) in [6, 6.07) is 54.9. The summed E-state index contributed by atoms with van der Waals surface area (Å²) in [5.74, 6) is 1.84. The van der Waals surface area contributed by atoms with Gasteiger partial charge in [0.05, 0.1) is 16.7 Å². The van der Waals surface area contributed by atoms with Gasteiger partial charge >= 0.3 is 0 Å². The zero-order valence-electron chi connectivity index (χ0n) is 27.1. The van der Waals surface area contributed by atoms with Crippen molar-refractivity contribution >= 4 is 75.3 Å². The lowest BCUT2D eigenvalue weighted by Crippen LogP contribution is -2.04. The molecule has 0 saturated heterocycles. The molecule has 4 aromatic heterocycles. The summed E-state index contributed by atoms with van der Waals surface area (Å²) in [5, 5.41) is 6.91. The van der Waals surface area contributed by atoms with E-state index in [2.05, 4.69) is 114 Å². The standard InChI is InChI=1S/C45H26N4OS/c1-2-12-27(13-3-1)43-46-44(28-22-24-38-34(26-28)31-16-6-10-20-37(31)50-38)48-45(47-43)33-23-25-40-41(32-17-7-11-21-39(32)51-40)42(33)49-35-18-8-4-14-29(35)30-15-5-9-19-36(30)49/h1-26H. The first-order valence-electron chi connectivity index (χ1n) is 16.9. The fourth-order valence-corrected chi connectivity index (χ4v) is 8.69. The van der Waals surface area contributed by atoms with Gasteiger partial charge in [-0.2, -0.15) is 0 Å². The lowest BCUT2D eigenvalue weighted by atomic mass is 10.0. The summed E-state index contributed by atoms with van der Waals surface area (Å²) >= 11 is 1.82. The van der Waals surface area contributed by atoms with Crippen molar-refractivity contribution in [2.75, 3.05) is 0 Å². The van der Waals surface area contributed by atoms with Crippen LogP contribution in [0.4, 0.5) is 0 Å². The number of rotatable bonds is 4. The van der Waals surface area contributed by atoms with Crippen LogP contribution in [0.2, 0.25) is 0 Å². The van der Waals surface area contributed by atoms with E-state index in [4.69, 9.17) is 19.4 Å². The third kappa shape index (κ3) is 4.30. The van der Waals surface area contributed by atoms with Gasteiger partial charge < -0.3 is 8.98 Å². The van der Waals surface area contributed by atoms with Crippen molar-refractivity contribution in [2.45, 2.75) is 0 Å². The first kappa shape index (κ1) is 28.2. The highest BCUT2D eigenvalue weighted by atomic mass is 32.1. The zero-order chi connectivity index (χ0) is 33.5. The van der Waals surface area contributed by atoms with E-state index in [0.717, 1.165) is 55.3 Å². The maximum atomic E-state index is 6.17. The molecule has 0 radical (unpaired) electrons. The van der Waals surface area contributed by atoms with Gasteiger partial charge in [-0.05, 0) is 54.6 Å². The number of furan rings is 1. The first-order valence-corrected chi connectivity index (χ1v) is 17.8. The van der Waals surface area contributed by atoms with Crippen molar-refractivity contribution in [3.05, 3.63) is 158 Å². The summed E-state index contributed by atoms with van der Waals surface area (Å²) < 4.78 is 11.0. The van der Waals surface area contributed by atoms with Gasteiger partial charge in [0.25, 0.3) is 0 Å². The van der Waals surface area contributed by atoms with Crippen molar-refractivity contribution in [3.8, 4) is 39.9 Å². The summed E-state index contributed by atoms with van der Waals surface area (Å²) in [6.07, 6.45) is 0. The molecule has 7 aromatic carbocycles. The minimum atomic E-state index is 0.606. The van der Waals surface area contributed by atoms with E-state index in [1.165, 1.54) is 30.9 Å². The highest BCUT2D eigenvalue weighted by molar-refractivity contribution is 7.25. The van der Waals surface area contributed by atoms with Crippen LogP contribution in [-0.2, 0) is 0 Å². The Balaban J connectivity index is 1.26. The second-order valence-corrected chi connectivity index (χ2v) is 13.9. The molecule has 0 N–H and O–H groups in total. The van der Waals surface area contributed by atoms with Gasteiger partial charge in [-0.25, -0.2) is 15.0 Å². The van der Waals surface area contributed by atoms with Gasteiger partial charge in [0.1, 0.15) is 11.2 Å². The van der Waals surface area contributed by atoms with Crippen LogP contribution in [0.25, 0.3) is 104 Å². The van der Waals surface area contributed by atoms with Gasteiger partial charge in [0.15, 0.2) is 17.5 Å². The van der Waals surface area contributed by atoms with Crippen LogP contribution in [0.1, 0.15) is 0 Å². The molecule has 51 heavy (non-hydrogen) atoms. The summed E-state index contributed by atoms with van der Waals surface area (Å²) in [6.45, 7) is 0. The normalized spacial score (nSPS) is 11.9. The second kappa shape index (κ2) is 10.9. The number of benzene rings is 7. The maximum absolute atomic E-state index is 6.17. The Labute approximate surface area is 295 Å². The number of thiophene rings is 1. The van der Waals surface area contributed by atoms with E-state index < -0.39 is 0 Å². The molecule has 0 saturated carbocycles. The molecule has 0 aliphatic carbocycles. The quantitative estimate of drug-likeness (QED) is 0.187. The number of para-hydroxylation sites is 3. The molecule has 0 fully saturated rings. The summed E-state index contributed by atoms with van der Waals surface area (Å²) in [4.78, 5) is 15.7. The summed E-state index contributed by atoms with van der Waals surface area (Å²) in [5.41, 5.74) is 7.80. The van der Waals surface area contributed by atoms with E-state index >= 15 is 0 Å². The predicted octanol–water partition coefficient (Wildman–Crippen LogP) is 12.2. The molecule has 0 amide bonds. The van der Waals surface area contributed by atoms with Crippen LogP contribution in [0.3, 0.4) is 0 Å². The van der Waals surface area contributed by atoms with Gasteiger partial charge in [-0.3, -0.25) is 0 Å². The topological polar surface area (TPSA) is 56.7 Å². The second-order valence-electron chi connectivity index (χ2n) is 12.8. The molecule has 11 rings (SSSR count). The molecule has 0 aliphatic rings. The van der Waals surface area contributed by atoms with E-state index in [1.807, 2.05) is 59.9 Å². The van der Waals surface area contributed by atoms with Crippen LogP contribution in [0.15, 0.2) is 162 Å². The Morgan fingerprint density at radius 1 is 0.431 bits per heavy atom. The Morgan fingerprint density at radius 3 is 1.82 bits per heavy atom. The molecule has 5 nitrogen and oxygen atoms in total. The van der Waals surface area contributed by atoms with Gasteiger partial charge in [-0.1, -0.05) is 103 Å². The first-order chi connectivity index (χ1) is 25.3. The van der Waals surface area contributed by atoms with Gasteiger partial charge in [0.2, 0.25) is 0 Å². The van der Waals surface area contributed by atoms with Crippen LogP contribution in [-0.4, -0.2) is 19.5 Å². The SMILES string of the molecule is c1ccc(-c2nc(-c3ccc4oc5ccccc5c4c3)nc(-c3ccc4sc5ccccc5c4c3-n3c4ccccc4c4ccccc43)n2)cc1. The molecule has 0 spiro atoms. The van der Waals surface area contributed by atoms with Gasteiger partial charge in [-0.15, -0.1) is 11.3 Å². The Hall–Kier alpha value is -6.63. The van der Waals surface area contributed by atoms with Crippen molar-refractivity contribution in [3.63, 3.8) is 0 Å². The fraction of sp³-hybridized carbons (Fsp3) is 0. The Kier molecular flexibility index (Phi) is 6.05.